The number of nitrogens with one attached hydrogen (secondary N) is 1. The quantitative estimate of drug-likeness (QED) is 0.453. The molecule has 0 spiro atoms. The van der Waals surface area contributed by atoms with E-state index in [4.69, 9.17) is 9.47 Å². The molecule has 10 nitrogen and oxygen atoms in total. The van der Waals surface area contributed by atoms with Crippen LogP contribution in [0.15, 0.2) is 30.6 Å². The topological polar surface area (TPSA) is 121 Å². The van der Waals surface area contributed by atoms with Crippen molar-refractivity contribution >= 4 is 27.7 Å². The summed E-state index contributed by atoms with van der Waals surface area (Å²) in [7, 11) is -0.774. The number of nitrogens with zero attached hydrogens (tertiary/aromatic N) is 5. The van der Waals surface area contributed by atoms with Crippen molar-refractivity contribution in [3.63, 3.8) is 0 Å². The van der Waals surface area contributed by atoms with Crippen LogP contribution in [0.25, 0.3) is 5.69 Å². The number of aromatic nitrogens is 5. The molecule has 35 heavy (non-hydrogen) atoms. The maximum atomic E-state index is 13.5. The zero-order valence-corrected chi connectivity index (χ0v) is 22.1. The van der Waals surface area contributed by atoms with Crippen molar-refractivity contribution in [3.05, 3.63) is 47.8 Å². The van der Waals surface area contributed by atoms with Gasteiger partial charge in [0.05, 0.1) is 19.5 Å². The van der Waals surface area contributed by atoms with Crippen LogP contribution in [0.1, 0.15) is 49.3 Å². The van der Waals surface area contributed by atoms with Crippen LogP contribution >= 0.6 is 11.8 Å². The molecule has 0 aliphatic carbocycles. The van der Waals surface area contributed by atoms with E-state index >= 15 is 0 Å². The zero-order valence-electron chi connectivity index (χ0n) is 20.4. The minimum absolute atomic E-state index is 0.0866. The number of hydrogen-bond acceptors (Lipinski definition) is 9. The number of thioether (sulfide) groups is 1. The van der Waals surface area contributed by atoms with Gasteiger partial charge in [-0.15, -0.1) is 10.2 Å². The Morgan fingerprint density at radius 2 is 1.77 bits per heavy atom. The van der Waals surface area contributed by atoms with Gasteiger partial charge < -0.3 is 9.47 Å². The van der Waals surface area contributed by atoms with Crippen molar-refractivity contribution < 1.29 is 17.9 Å². The molecule has 0 amide bonds. The molecule has 4 rings (SSSR count). The second-order valence-electron chi connectivity index (χ2n) is 8.55. The molecule has 3 atom stereocenters. The van der Waals surface area contributed by atoms with Crippen LogP contribution in [0, 0.1) is 6.92 Å². The molecule has 12 heteroatoms. The van der Waals surface area contributed by atoms with E-state index < -0.39 is 21.2 Å². The monoisotopic (exact) mass is 518 g/mol. The average Bonchev–Trinajstić information content (AvgIpc) is 3.52. The highest BCUT2D eigenvalue weighted by molar-refractivity contribution is 7.99. The third-order valence-electron chi connectivity index (χ3n) is 6.24. The lowest BCUT2D eigenvalue weighted by atomic mass is 10.1. The van der Waals surface area contributed by atoms with Gasteiger partial charge in [0.25, 0.3) is 0 Å². The summed E-state index contributed by atoms with van der Waals surface area (Å²) in [6, 6.07) is 5.40. The highest BCUT2D eigenvalue weighted by Gasteiger charge is 2.34. The average molecular weight is 519 g/mol. The highest BCUT2D eigenvalue weighted by atomic mass is 32.2. The van der Waals surface area contributed by atoms with Crippen molar-refractivity contribution in [1.29, 1.82) is 0 Å². The molecule has 0 radical (unpaired) electrons. The second kappa shape index (κ2) is 10.4. The summed E-state index contributed by atoms with van der Waals surface area (Å²) in [5.41, 5.74) is 1.46. The molecule has 0 bridgehead atoms. The van der Waals surface area contributed by atoms with Crippen molar-refractivity contribution in [2.75, 3.05) is 30.4 Å². The van der Waals surface area contributed by atoms with E-state index in [-0.39, 0.29) is 11.9 Å². The van der Waals surface area contributed by atoms with Gasteiger partial charge in [-0.3, -0.25) is 9.29 Å². The molecular formula is C23H30N6O4S2. The maximum Gasteiger partial charge on any atom is 0.243 e. The van der Waals surface area contributed by atoms with Gasteiger partial charge in [0.1, 0.15) is 28.8 Å². The van der Waals surface area contributed by atoms with Crippen LogP contribution in [0.5, 0.6) is 11.5 Å². The molecule has 1 fully saturated rings. The van der Waals surface area contributed by atoms with Gasteiger partial charge in [0.2, 0.25) is 16.0 Å². The molecular weight excluding hydrogens is 488 g/mol. The number of benzene rings is 1. The normalized spacial score (nSPS) is 17.7. The van der Waals surface area contributed by atoms with Gasteiger partial charge in [-0.05, 0) is 43.7 Å². The highest BCUT2D eigenvalue weighted by Crippen LogP contribution is 2.40. The van der Waals surface area contributed by atoms with Crippen LogP contribution < -0.4 is 14.2 Å². The fourth-order valence-electron chi connectivity index (χ4n) is 3.97. The Labute approximate surface area is 209 Å². The van der Waals surface area contributed by atoms with E-state index in [9.17, 15) is 8.42 Å². The summed E-state index contributed by atoms with van der Waals surface area (Å²) >= 11 is 1.83. The maximum absolute atomic E-state index is 13.5. The molecule has 0 saturated carbocycles. The van der Waals surface area contributed by atoms with Crippen LogP contribution in [0.2, 0.25) is 0 Å². The van der Waals surface area contributed by atoms with E-state index in [2.05, 4.69) is 24.9 Å². The number of para-hydroxylation sites is 1. The van der Waals surface area contributed by atoms with E-state index in [1.54, 1.807) is 57.2 Å². The first kappa shape index (κ1) is 25.2. The van der Waals surface area contributed by atoms with Crippen molar-refractivity contribution in [2.45, 2.75) is 44.3 Å². The molecule has 1 aromatic carbocycles. The lowest BCUT2D eigenvalue weighted by molar-refractivity contribution is 0.390. The second-order valence-corrected chi connectivity index (χ2v) is 11.7. The third kappa shape index (κ3) is 5.08. The Hall–Kier alpha value is -2.86. The number of aryl methyl sites for hydroxylation is 1. The molecule has 188 valence electrons. The van der Waals surface area contributed by atoms with Crippen molar-refractivity contribution in [3.8, 4) is 17.2 Å². The van der Waals surface area contributed by atoms with E-state index in [0.29, 0.717) is 28.8 Å². The van der Waals surface area contributed by atoms with E-state index in [1.807, 2.05) is 24.8 Å². The Balaban J connectivity index is 1.76. The van der Waals surface area contributed by atoms with Gasteiger partial charge in [-0.25, -0.2) is 18.4 Å². The van der Waals surface area contributed by atoms with E-state index in [1.165, 1.54) is 0 Å². The Morgan fingerprint density at radius 3 is 2.34 bits per heavy atom. The number of hydrogen-bond donors (Lipinski definition) is 1. The Kier molecular flexibility index (Phi) is 7.50. The molecule has 1 aliphatic rings. The standard InChI is InChI=1S/C23H30N6O4S2/c1-14-11-24-21(25-12-14)15(2)16(3)35(30,31)28-23-27-26-22(17-9-10-34-13-17)29(23)20-18(32-4)7-6-8-19(20)33-5/h6-8,11-12,15-17H,9-10,13H2,1-5H3,(H,27,28)/t15-,16-,17-/m0/s1. The summed E-state index contributed by atoms with van der Waals surface area (Å²) < 4.78 is 42.6. The number of ether oxygens (including phenoxy) is 2. The largest absolute Gasteiger partial charge is 0.494 e. The Morgan fingerprint density at radius 1 is 1.11 bits per heavy atom. The van der Waals surface area contributed by atoms with Crippen LogP contribution in [0.4, 0.5) is 5.95 Å². The van der Waals surface area contributed by atoms with Gasteiger partial charge in [0, 0.05) is 30.0 Å². The summed E-state index contributed by atoms with van der Waals surface area (Å²) in [6.45, 7) is 5.31. The van der Waals surface area contributed by atoms with Gasteiger partial charge in [0.15, 0.2) is 0 Å². The molecule has 3 aromatic rings. The summed E-state index contributed by atoms with van der Waals surface area (Å²) in [6.07, 6.45) is 4.29. The SMILES string of the molecule is COc1cccc(OC)c1-n1c(NS(=O)(=O)[C@@H](C)[C@H](C)c2ncc(C)cn2)nnc1[C@H]1CCSC1. The van der Waals surface area contributed by atoms with Crippen LogP contribution in [0.3, 0.4) is 0 Å². The fraction of sp³-hybridized carbons (Fsp3) is 0.478. The lowest BCUT2D eigenvalue weighted by Gasteiger charge is -2.22. The predicted octanol–water partition coefficient (Wildman–Crippen LogP) is 3.54. The van der Waals surface area contributed by atoms with Crippen molar-refractivity contribution in [2.24, 2.45) is 0 Å². The molecule has 0 unspecified atom stereocenters. The zero-order chi connectivity index (χ0) is 25.2. The molecule has 1 saturated heterocycles. The number of methoxy groups -OCH3 is 2. The molecule has 1 N–H and O–H groups in total. The Bertz CT molecular complexity index is 1250. The third-order valence-corrected chi connectivity index (χ3v) is 9.26. The minimum atomic E-state index is -3.89. The fourth-order valence-corrected chi connectivity index (χ4v) is 6.42. The van der Waals surface area contributed by atoms with Gasteiger partial charge in [-0.1, -0.05) is 13.0 Å². The smallest absolute Gasteiger partial charge is 0.243 e. The molecule has 1 aliphatic heterocycles. The minimum Gasteiger partial charge on any atom is -0.494 e. The molecule has 2 aromatic heterocycles. The summed E-state index contributed by atoms with van der Waals surface area (Å²) in [5.74, 6) is 3.81. The first-order valence-corrected chi connectivity index (χ1v) is 14.0. The van der Waals surface area contributed by atoms with Crippen LogP contribution in [-0.4, -0.2) is 64.1 Å². The summed E-state index contributed by atoms with van der Waals surface area (Å²) in [4.78, 5) is 8.63. The number of rotatable bonds is 9. The van der Waals surface area contributed by atoms with Crippen molar-refractivity contribution in [1.82, 2.24) is 24.7 Å². The first-order chi connectivity index (χ1) is 16.8. The number of anilines is 1. The van der Waals surface area contributed by atoms with Crippen LogP contribution in [-0.2, 0) is 10.0 Å². The van der Waals surface area contributed by atoms with Gasteiger partial charge in [-0.2, -0.15) is 11.8 Å². The molecule has 3 heterocycles. The predicted molar refractivity (Wildman–Crippen MR) is 136 cm³/mol. The lowest BCUT2D eigenvalue weighted by Crippen LogP contribution is -2.31. The van der Waals surface area contributed by atoms with Gasteiger partial charge >= 0.3 is 0 Å². The number of sulfonamides is 1. The van der Waals surface area contributed by atoms with E-state index in [0.717, 1.165) is 23.5 Å². The first-order valence-electron chi connectivity index (χ1n) is 11.3. The summed E-state index contributed by atoms with van der Waals surface area (Å²) in [5, 5.41) is 7.86.